The second-order valence-corrected chi connectivity index (χ2v) is 20.0. The monoisotopic (exact) mass is 865 g/mol. The summed E-state index contributed by atoms with van der Waals surface area (Å²) in [5, 5.41) is 11.9. The highest BCUT2D eigenvalue weighted by Gasteiger charge is 2.42. The van der Waals surface area contributed by atoms with Gasteiger partial charge in [0.1, 0.15) is 20.1 Å². The van der Waals surface area contributed by atoms with Crippen molar-refractivity contribution in [3.8, 4) is 0 Å². The van der Waals surface area contributed by atoms with Crippen LogP contribution in [0.1, 0.15) is 67.8 Å². The van der Waals surface area contributed by atoms with Crippen molar-refractivity contribution >= 4 is 84.4 Å². The Bertz CT molecular complexity index is 2700. The van der Waals surface area contributed by atoms with Crippen LogP contribution in [0.4, 0.5) is 11.4 Å². The van der Waals surface area contributed by atoms with E-state index in [1.807, 2.05) is 19.2 Å². The van der Waals surface area contributed by atoms with Crippen molar-refractivity contribution in [2.24, 2.45) is 0 Å². The molecule has 0 aliphatic carbocycles. The number of hydrogen-bond donors (Lipinski definition) is 3. The molecule has 1 aliphatic rings. The fraction of sp³-hybridized carbons (Fsp3) is 0.327. The molecule has 0 spiro atoms. The number of nitrogens with zero attached hydrogens (tertiary/aromatic N) is 3. The third-order valence-corrected chi connectivity index (χ3v) is 14.9. The van der Waals surface area contributed by atoms with E-state index in [0.29, 0.717) is 13.1 Å². The van der Waals surface area contributed by atoms with Gasteiger partial charge in [-0.2, -0.15) is 4.58 Å². The molecule has 2 aromatic heterocycles. The van der Waals surface area contributed by atoms with Crippen LogP contribution < -0.4 is 16.0 Å². The highest BCUT2D eigenvalue weighted by atomic mass is 33.1. The number of carbonyl (C=O) groups excluding carboxylic acids is 2. The molecule has 0 saturated carbocycles. The van der Waals surface area contributed by atoms with Crippen molar-refractivity contribution < 1.29 is 14.2 Å². The van der Waals surface area contributed by atoms with Gasteiger partial charge in [-0.3, -0.25) is 9.59 Å². The zero-order chi connectivity index (χ0) is 44.0. The van der Waals surface area contributed by atoms with Gasteiger partial charge in [-0.1, -0.05) is 120 Å². The molecule has 1 aliphatic heterocycles. The first-order chi connectivity index (χ1) is 29.8. The van der Waals surface area contributed by atoms with Crippen LogP contribution in [-0.4, -0.2) is 69.9 Å². The van der Waals surface area contributed by atoms with Crippen LogP contribution in [0.3, 0.4) is 0 Å². The van der Waals surface area contributed by atoms with Gasteiger partial charge >= 0.3 is 0 Å². The number of hydrogen-bond acceptors (Lipinski definition) is 5. The number of nitrogens with one attached hydrogen (secondary N) is 3. The normalized spacial score (nSPS) is 13.8. The predicted molar refractivity (Wildman–Crippen MR) is 266 cm³/mol. The maximum atomic E-state index is 13.2. The minimum Gasteiger partial charge on any atom is -0.388 e. The van der Waals surface area contributed by atoms with Crippen molar-refractivity contribution in [2.75, 3.05) is 44.0 Å². The van der Waals surface area contributed by atoms with E-state index in [0.717, 1.165) is 67.9 Å². The number of rotatable bonds is 18. The lowest BCUT2D eigenvalue weighted by molar-refractivity contribution is -0.401. The summed E-state index contributed by atoms with van der Waals surface area (Å²) >= 11 is 0. The maximum Gasteiger partial charge on any atom is 0.239 e. The third kappa shape index (κ3) is 9.32. The Morgan fingerprint density at radius 1 is 0.710 bits per heavy atom. The summed E-state index contributed by atoms with van der Waals surface area (Å²) in [7, 11) is 7.53. The van der Waals surface area contributed by atoms with Crippen LogP contribution in [0.2, 0.25) is 0 Å². The lowest BCUT2D eigenvalue weighted by Gasteiger charge is -2.26. The molecule has 0 unspecified atom stereocenters. The van der Waals surface area contributed by atoms with Crippen molar-refractivity contribution in [1.29, 1.82) is 0 Å². The topological polar surface area (TPSA) is 83.1 Å². The van der Waals surface area contributed by atoms with E-state index >= 15 is 0 Å². The van der Waals surface area contributed by atoms with E-state index in [-0.39, 0.29) is 35.7 Å². The first-order valence-electron chi connectivity index (χ1n) is 21.6. The average molecular weight is 866 g/mol. The zero-order valence-corrected chi connectivity index (χ0v) is 39.1. The summed E-state index contributed by atoms with van der Waals surface area (Å²) in [5.74, 6) is 1.55. The second kappa shape index (κ2) is 19.3. The summed E-state index contributed by atoms with van der Waals surface area (Å²) in [6.07, 6.45) is 9.83. The smallest absolute Gasteiger partial charge is 0.239 e. The van der Waals surface area contributed by atoms with E-state index in [4.69, 9.17) is 0 Å². The molecular weight excluding hydrogens is 805 g/mol. The van der Waals surface area contributed by atoms with Gasteiger partial charge in [0.15, 0.2) is 5.71 Å². The highest BCUT2D eigenvalue weighted by Crippen LogP contribution is 2.40. The van der Waals surface area contributed by atoms with Crippen molar-refractivity contribution in [2.45, 2.75) is 71.9 Å². The summed E-state index contributed by atoms with van der Waals surface area (Å²) in [5.41, 5.74) is 12.7. The number of anilines is 1. The molecule has 6 aromatic rings. The van der Waals surface area contributed by atoms with E-state index in [1.54, 1.807) is 21.6 Å². The van der Waals surface area contributed by atoms with E-state index < -0.39 is 0 Å². The average Bonchev–Trinajstić information content (AvgIpc) is 3.76. The number of benzene rings is 4. The van der Waals surface area contributed by atoms with Gasteiger partial charge in [0, 0.05) is 99.4 Å². The molecule has 4 aromatic carbocycles. The third-order valence-electron chi connectivity index (χ3n) is 12.4. The van der Waals surface area contributed by atoms with Crippen LogP contribution >= 0.6 is 21.6 Å². The minimum atomic E-state index is -0.113. The lowest BCUT2D eigenvalue weighted by atomic mass is 9.80. The summed E-state index contributed by atoms with van der Waals surface area (Å²) < 4.78 is 6.54. The van der Waals surface area contributed by atoms with Gasteiger partial charge in [-0.25, -0.2) is 0 Å². The molecule has 0 bridgehead atoms. The summed E-state index contributed by atoms with van der Waals surface area (Å²) in [6.45, 7) is 15.0. The molecule has 0 saturated heterocycles. The Morgan fingerprint density at radius 3 is 1.81 bits per heavy atom. The number of fused-ring (bicyclic) bond motifs is 3. The van der Waals surface area contributed by atoms with Crippen LogP contribution in [-0.2, 0) is 33.5 Å². The van der Waals surface area contributed by atoms with Crippen LogP contribution in [0.5, 0.6) is 0 Å². The fourth-order valence-electron chi connectivity index (χ4n) is 9.06. The quantitative estimate of drug-likeness (QED) is 0.0455. The SMILES string of the molecule is CNc1ccccc1C(C)(C)CC=Cc1c(C)n(CC(=O)NCCSSCCNC(=O)Cn2c(C)c(C=CC3=[N+](C)c4ccccc4C3(C)C)c3ccccc32)c2ccccc12. The second-order valence-electron chi connectivity index (χ2n) is 17.3. The van der Waals surface area contributed by atoms with Gasteiger partial charge in [0.25, 0.3) is 0 Å². The lowest BCUT2D eigenvalue weighted by Crippen LogP contribution is -2.30. The van der Waals surface area contributed by atoms with Gasteiger partial charge in [0.05, 0.1) is 5.41 Å². The molecule has 0 fully saturated rings. The molecule has 7 rings (SSSR count). The van der Waals surface area contributed by atoms with Gasteiger partial charge < -0.3 is 25.1 Å². The minimum absolute atomic E-state index is 0.00225. The van der Waals surface area contributed by atoms with E-state index in [2.05, 4.69) is 187 Å². The molecule has 0 radical (unpaired) electrons. The Morgan fingerprint density at radius 2 is 1.23 bits per heavy atom. The molecule has 10 heteroatoms. The molecule has 3 N–H and O–H groups in total. The summed E-state index contributed by atoms with van der Waals surface area (Å²) in [4.78, 5) is 26.4. The standard InChI is InChI=1S/C52H60N6O2S2/c1-36-38(20-17-29-51(3,4)42-21-11-13-23-44(42)53-7)40-18-9-14-24-45(40)57(36)34-49(59)54-30-32-61-62-33-31-55-50(60)35-58-37(2)39(41-19-10-15-25-46(41)58)27-28-48-52(5,6)43-22-12-16-26-47(43)56(48)8/h9-28,53H,29-35H2,1-8H3,(H-,54,55,59,60)/p+1. The number of para-hydroxylation sites is 4. The molecule has 62 heavy (non-hydrogen) atoms. The Balaban J connectivity index is 0.865. The van der Waals surface area contributed by atoms with E-state index in [9.17, 15) is 9.59 Å². The Kier molecular flexibility index (Phi) is 13.9. The largest absolute Gasteiger partial charge is 0.388 e. The highest BCUT2D eigenvalue weighted by molar-refractivity contribution is 8.76. The van der Waals surface area contributed by atoms with Crippen LogP contribution in [0.15, 0.2) is 109 Å². The predicted octanol–water partition coefficient (Wildman–Crippen LogP) is 10.7. The molecule has 8 nitrogen and oxygen atoms in total. The maximum absolute atomic E-state index is 13.2. The summed E-state index contributed by atoms with van der Waals surface area (Å²) in [6, 6.07) is 33.8. The first kappa shape index (κ1) is 44.6. The molecule has 0 atom stereocenters. The number of amides is 2. The number of aromatic nitrogens is 2. The van der Waals surface area contributed by atoms with Crippen LogP contribution in [0, 0.1) is 13.8 Å². The molecule has 2 amide bonds. The van der Waals surface area contributed by atoms with Gasteiger partial charge in [-0.15, -0.1) is 0 Å². The molecular formula is C52H61N6O2S2+. The number of carbonyl (C=O) groups is 2. The first-order valence-corrected chi connectivity index (χ1v) is 24.1. The number of allylic oxidation sites excluding steroid dienone is 2. The van der Waals surface area contributed by atoms with Crippen molar-refractivity contribution in [3.05, 3.63) is 143 Å². The molecule has 3 heterocycles. The zero-order valence-electron chi connectivity index (χ0n) is 37.5. The van der Waals surface area contributed by atoms with Gasteiger partial charge in [0.2, 0.25) is 17.5 Å². The van der Waals surface area contributed by atoms with Crippen molar-refractivity contribution in [3.63, 3.8) is 0 Å². The van der Waals surface area contributed by atoms with Crippen LogP contribution in [0.25, 0.3) is 34.0 Å². The van der Waals surface area contributed by atoms with Crippen molar-refractivity contribution in [1.82, 2.24) is 19.8 Å². The molecule has 322 valence electrons. The Labute approximate surface area is 375 Å². The Hall–Kier alpha value is -5.45. The van der Waals surface area contributed by atoms with E-state index in [1.165, 1.54) is 22.5 Å². The van der Waals surface area contributed by atoms with Gasteiger partial charge in [-0.05, 0) is 69.4 Å². The fourth-order valence-corrected chi connectivity index (χ4v) is 10.9.